The standard InChI is InChI=1S/C21H17BrN2O3S/c22-17-9-7-8-16(14-17)21(28(26,27)19-12-5-2-6-13-19)15-23-20(25)24(21)18-10-3-1-4-11-18/h1-14H,15H2,(H,23,25). The van der Waals surface area contributed by atoms with Gasteiger partial charge in [-0.05, 0) is 42.0 Å². The van der Waals surface area contributed by atoms with Gasteiger partial charge in [-0.2, -0.15) is 0 Å². The van der Waals surface area contributed by atoms with Crippen LogP contribution in [0.25, 0.3) is 0 Å². The van der Waals surface area contributed by atoms with E-state index in [0.717, 1.165) is 4.47 Å². The molecule has 1 fully saturated rings. The Kier molecular flexibility index (Phi) is 4.72. The van der Waals surface area contributed by atoms with Gasteiger partial charge in [0.2, 0.25) is 9.84 Å². The molecule has 3 aromatic carbocycles. The molecule has 0 spiro atoms. The number of sulfone groups is 1. The summed E-state index contributed by atoms with van der Waals surface area (Å²) >= 11 is 3.43. The summed E-state index contributed by atoms with van der Waals surface area (Å²) in [6.07, 6.45) is 0. The molecule has 0 radical (unpaired) electrons. The first kappa shape index (κ1) is 18.7. The zero-order valence-electron chi connectivity index (χ0n) is 14.7. The molecular formula is C21H17BrN2O3S. The molecule has 1 N–H and O–H groups in total. The quantitative estimate of drug-likeness (QED) is 0.635. The molecular weight excluding hydrogens is 440 g/mol. The van der Waals surface area contributed by atoms with Crippen molar-refractivity contribution in [2.75, 3.05) is 11.4 Å². The van der Waals surface area contributed by atoms with Crippen molar-refractivity contribution in [3.05, 3.63) is 95.0 Å². The van der Waals surface area contributed by atoms with E-state index < -0.39 is 20.7 Å². The number of urea groups is 1. The smallest absolute Gasteiger partial charge is 0.323 e. The zero-order valence-corrected chi connectivity index (χ0v) is 17.2. The number of hydrogen-bond acceptors (Lipinski definition) is 3. The average Bonchev–Trinajstić information content (AvgIpc) is 3.08. The fraction of sp³-hybridized carbons (Fsp3) is 0.0952. The summed E-state index contributed by atoms with van der Waals surface area (Å²) in [4.78, 5) is 12.8. The van der Waals surface area contributed by atoms with Crippen molar-refractivity contribution in [2.45, 2.75) is 9.77 Å². The predicted molar refractivity (Wildman–Crippen MR) is 112 cm³/mol. The summed E-state index contributed by atoms with van der Waals surface area (Å²) in [5.74, 6) is 0. The van der Waals surface area contributed by atoms with Crippen molar-refractivity contribution >= 4 is 37.5 Å². The molecule has 1 atom stereocenters. The lowest BCUT2D eigenvalue weighted by Gasteiger charge is -2.37. The maximum absolute atomic E-state index is 13.9. The highest BCUT2D eigenvalue weighted by molar-refractivity contribution is 9.10. The summed E-state index contributed by atoms with van der Waals surface area (Å²) < 4.78 is 28.6. The van der Waals surface area contributed by atoms with Crippen LogP contribution in [0.15, 0.2) is 94.3 Å². The molecule has 3 aromatic rings. The van der Waals surface area contributed by atoms with Crippen molar-refractivity contribution in [2.24, 2.45) is 0 Å². The van der Waals surface area contributed by atoms with E-state index in [1.165, 1.54) is 4.90 Å². The van der Waals surface area contributed by atoms with Crippen molar-refractivity contribution in [3.63, 3.8) is 0 Å². The number of carbonyl (C=O) groups excluding carboxylic acids is 1. The summed E-state index contributed by atoms with van der Waals surface area (Å²) in [6.45, 7) is -0.0611. The van der Waals surface area contributed by atoms with Gasteiger partial charge in [-0.15, -0.1) is 0 Å². The number of rotatable bonds is 4. The third-order valence-electron chi connectivity index (χ3n) is 4.83. The van der Waals surface area contributed by atoms with Crippen molar-refractivity contribution < 1.29 is 13.2 Å². The second-order valence-corrected chi connectivity index (χ2v) is 9.51. The minimum atomic E-state index is -3.98. The number of para-hydroxylation sites is 1. The summed E-state index contributed by atoms with van der Waals surface area (Å²) in [5.41, 5.74) is 1.02. The third kappa shape index (κ3) is 2.82. The Morgan fingerprint density at radius 1 is 0.893 bits per heavy atom. The first-order valence-corrected chi connectivity index (χ1v) is 10.9. The molecule has 28 heavy (non-hydrogen) atoms. The SMILES string of the molecule is O=C1NCC(c2cccc(Br)c2)(S(=O)(=O)c2ccccc2)N1c1ccccc1. The van der Waals surface area contributed by atoms with Crippen LogP contribution in [0.3, 0.4) is 0 Å². The van der Waals surface area contributed by atoms with E-state index in [4.69, 9.17) is 0 Å². The normalized spacial score (nSPS) is 19.5. The average molecular weight is 457 g/mol. The van der Waals surface area contributed by atoms with Crippen molar-refractivity contribution in [3.8, 4) is 0 Å². The summed E-state index contributed by atoms with van der Waals surface area (Å²) in [7, 11) is -3.98. The number of nitrogens with zero attached hydrogens (tertiary/aromatic N) is 1. The van der Waals surface area contributed by atoms with Gasteiger partial charge in [0.15, 0.2) is 4.87 Å². The molecule has 4 rings (SSSR count). The molecule has 0 aliphatic carbocycles. The van der Waals surface area contributed by atoms with Gasteiger partial charge in [0.25, 0.3) is 0 Å². The number of amides is 2. The largest absolute Gasteiger partial charge is 0.334 e. The van der Waals surface area contributed by atoms with Crippen LogP contribution in [0, 0.1) is 0 Å². The van der Waals surface area contributed by atoms with E-state index in [9.17, 15) is 13.2 Å². The summed E-state index contributed by atoms with van der Waals surface area (Å²) in [6, 6.07) is 23.7. The van der Waals surface area contributed by atoms with Gasteiger partial charge in [0.1, 0.15) is 0 Å². The molecule has 1 aliphatic rings. The van der Waals surface area contributed by atoms with Gasteiger partial charge in [-0.3, -0.25) is 4.90 Å². The van der Waals surface area contributed by atoms with E-state index in [-0.39, 0.29) is 11.4 Å². The lowest BCUT2D eigenvalue weighted by molar-refractivity contribution is 0.251. The van der Waals surface area contributed by atoms with Gasteiger partial charge < -0.3 is 5.32 Å². The first-order valence-electron chi connectivity index (χ1n) is 8.66. The molecule has 1 heterocycles. The van der Waals surface area contributed by atoms with Crippen LogP contribution < -0.4 is 10.2 Å². The lowest BCUT2D eigenvalue weighted by atomic mass is 10.1. The molecule has 1 aliphatic heterocycles. The van der Waals surface area contributed by atoms with Crippen LogP contribution in [0.4, 0.5) is 10.5 Å². The van der Waals surface area contributed by atoms with Crippen LogP contribution in [0.1, 0.15) is 5.56 Å². The Labute approximate surface area is 172 Å². The molecule has 0 bridgehead atoms. The van der Waals surface area contributed by atoms with Crippen LogP contribution in [0.2, 0.25) is 0 Å². The Bertz CT molecular complexity index is 1120. The minimum Gasteiger partial charge on any atom is -0.334 e. The predicted octanol–water partition coefficient (Wildman–Crippen LogP) is 4.31. The van der Waals surface area contributed by atoms with E-state index >= 15 is 0 Å². The molecule has 1 saturated heterocycles. The van der Waals surface area contributed by atoms with Gasteiger partial charge in [-0.1, -0.05) is 64.5 Å². The van der Waals surface area contributed by atoms with E-state index in [1.807, 2.05) is 12.1 Å². The topological polar surface area (TPSA) is 66.5 Å². The first-order chi connectivity index (χ1) is 13.5. The molecule has 1 unspecified atom stereocenters. The highest BCUT2D eigenvalue weighted by atomic mass is 79.9. The van der Waals surface area contributed by atoms with E-state index in [0.29, 0.717) is 11.3 Å². The van der Waals surface area contributed by atoms with Gasteiger partial charge in [0, 0.05) is 10.2 Å². The molecule has 0 aromatic heterocycles. The molecule has 142 valence electrons. The Morgan fingerprint density at radius 2 is 1.54 bits per heavy atom. The van der Waals surface area contributed by atoms with Gasteiger partial charge >= 0.3 is 6.03 Å². The zero-order chi connectivity index (χ0) is 19.8. The number of benzene rings is 3. The fourth-order valence-electron chi connectivity index (χ4n) is 3.55. The van der Waals surface area contributed by atoms with Crippen molar-refractivity contribution in [1.29, 1.82) is 0 Å². The van der Waals surface area contributed by atoms with Gasteiger partial charge in [-0.25, -0.2) is 13.2 Å². The van der Waals surface area contributed by atoms with E-state index in [2.05, 4.69) is 21.2 Å². The number of carbonyl (C=O) groups is 1. The highest BCUT2D eigenvalue weighted by Crippen LogP contribution is 2.44. The third-order valence-corrected chi connectivity index (χ3v) is 7.67. The lowest BCUT2D eigenvalue weighted by Crippen LogP contribution is -2.51. The minimum absolute atomic E-state index is 0.0611. The monoisotopic (exact) mass is 456 g/mol. The second-order valence-electron chi connectivity index (χ2n) is 6.44. The Morgan fingerprint density at radius 3 is 2.18 bits per heavy atom. The molecule has 0 saturated carbocycles. The van der Waals surface area contributed by atoms with Crippen LogP contribution >= 0.6 is 15.9 Å². The maximum Gasteiger partial charge on any atom is 0.323 e. The number of halogens is 1. The Balaban J connectivity index is 2.04. The van der Waals surface area contributed by atoms with Crippen LogP contribution in [0.5, 0.6) is 0 Å². The molecule has 7 heteroatoms. The van der Waals surface area contributed by atoms with Gasteiger partial charge in [0.05, 0.1) is 11.4 Å². The van der Waals surface area contributed by atoms with E-state index in [1.54, 1.807) is 72.8 Å². The number of hydrogen-bond donors (Lipinski definition) is 1. The van der Waals surface area contributed by atoms with Crippen LogP contribution in [-0.2, 0) is 14.7 Å². The van der Waals surface area contributed by atoms with Crippen molar-refractivity contribution in [1.82, 2.24) is 5.32 Å². The Hall–Kier alpha value is -2.64. The second kappa shape index (κ2) is 7.07. The summed E-state index contributed by atoms with van der Waals surface area (Å²) in [5, 5.41) is 2.75. The maximum atomic E-state index is 13.9. The van der Waals surface area contributed by atoms with Crippen LogP contribution in [-0.4, -0.2) is 21.0 Å². The molecule has 2 amide bonds. The molecule has 5 nitrogen and oxygen atoms in total. The highest BCUT2D eigenvalue weighted by Gasteiger charge is 2.57. The number of anilines is 1. The fourth-order valence-corrected chi connectivity index (χ4v) is 5.98. The number of nitrogens with one attached hydrogen (secondary N) is 1.